The predicted molar refractivity (Wildman–Crippen MR) is 40.4 cm³/mol. The molecule has 5 nitrogen and oxygen atoms in total. The number of carbonyl (C=O) groups is 1. The van der Waals surface area contributed by atoms with Crippen LogP contribution in [0.5, 0.6) is 0 Å². The molecule has 0 aliphatic heterocycles. The summed E-state index contributed by atoms with van der Waals surface area (Å²) in [7, 11) is 0. The van der Waals surface area contributed by atoms with E-state index in [1.54, 1.807) is 0 Å². The minimum absolute atomic E-state index is 0.286. The Hall–Kier alpha value is -0.490. The Morgan fingerprint density at radius 2 is 2.00 bits per heavy atom. The Bertz CT molecular complexity index is 145. The van der Waals surface area contributed by atoms with Crippen LogP contribution >= 0.6 is 0 Å². The van der Waals surface area contributed by atoms with Crippen molar-refractivity contribution >= 4 is 6.29 Å². The van der Waals surface area contributed by atoms with Gasteiger partial charge in [-0.05, 0) is 6.92 Å². The topological polar surface area (TPSA) is 98.0 Å². The zero-order chi connectivity index (χ0) is 9.78. The van der Waals surface area contributed by atoms with E-state index in [1.165, 1.54) is 6.92 Å². The molecular formula is C7H14O5. The van der Waals surface area contributed by atoms with Gasteiger partial charge in [-0.1, -0.05) is 0 Å². The highest BCUT2D eigenvalue weighted by Gasteiger charge is 2.34. The molecule has 0 aliphatic carbocycles. The van der Waals surface area contributed by atoms with E-state index < -0.39 is 24.4 Å². The molecule has 0 unspecified atom stereocenters. The SMILES string of the molecule is C[C@@](O)(CC=O)[C@H](O)[C@H](O)CO. The molecule has 0 radical (unpaired) electrons. The molecule has 5 heteroatoms. The molecule has 0 aromatic rings. The van der Waals surface area contributed by atoms with Crippen LogP contribution in [0.15, 0.2) is 0 Å². The Morgan fingerprint density at radius 3 is 2.33 bits per heavy atom. The first-order valence-corrected chi connectivity index (χ1v) is 3.58. The highest BCUT2D eigenvalue weighted by atomic mass is 16.4. The summed E-state index contributed by atoms with van der Waals surface area (Å²) >= 11 is 0. The number of aliphatic hydroxyl groups is 4. The normalized spacial score (nSPS) is 21.1. The van der Waals surface area contributed by atoms with Crippen LogP contribution in [0.25, 0.3) is 0 Å². The molecule has 0 rings (SSSR count). The van der Waals surface area contributed by atoms with Crippen molar-refractivity contribution in [2.75, 3.05) is 6.61 Å². The Morgan fingerprint density at radius 1 is 1.50 bits per heavy atom. The van der Waals surface area contributed by atoms with Crippen LogP contribution in [0.3, 0.4) is 0 Å². The van der Waals surface area contributed by atoms with Gasteiger partial charge in [0.2, 0.25) is 0 Å². The van der Waals surface area contributed by atoms with Gasteiger partial charge in [0.1, 0.15) is 18.5 Å². The fourth-order valence-corrected chi connectivity index (χ4v) is 0.804. The first-order valence-electron chi connectivity index (χ1n) is 3.58. The van der Waals surface area contributed by atoms with Crippen molar-refractivity contribution in [1.82, 2.24) is 0 Å². The summed E-state index contributed by atoms with van der Waals surface area (Å²) in [6.45, 7) is 0.557. The van der Waals surface area contributed by atoms with Crippen molar-refractivity contribution in [3.8, 4) is 0 Å². The first kappa shape index (κ1) is 11.5. The van der Waals surface area contributed by atoms with E-state index in [1.807, 2.05) is 0 Å². The molecular weight excluding hydrogens is 164 g/mol. The van der Waals surface area contributed by atoms with E-state index in [-0.39, 0.29) is 6.42 Å². The van der Waals surface area contributed by atoms with Crippen molar-refractivity contribution in [3.63, 3.8) is 0 Å². The van der Waals surface area contributed by atoms with Gasteiger partial charge in [-0.25, -0.2) is 0 Å². The molecule has 0 bridgehead atoms. The van der Waals surface area contributed by atoms with E-state index in [0.717, 1.165) is 0 Å². The molecule has 0 aromatic carbocycles. The zero-order valence-electron chi connectivity index (χ0n) is 6.84. The lowest BCUT2D eigenvalue weighted by Gasteiger charge is -2.29. The van der Waals surface area contributed by atoms with Crippen molar-refractivity contribution in [2.45, 2.75) is 31.2 Å². The molecule has 4 N–H and O–H groups in total. The molecule has 0 saturated heterocycles. The number of aliphatic hydroxyl groups excluding tert-OH is 3. The average Bonchev–Trinajstić information content (AvgIpc) is 2.01. The summed E-state index contributed by atoms with van der Waals surface area (Å²) in [6.07, 6.45) is -2.80. The summed E-state index contributed by atoms with van der Waals surface area (Å²) in [5.74, 6) is 0. The average molecular weight is 178 g/mol. The third kappa shape index (κ3) is 2.86. The second-order valence-corrected chi connectivity index (χ2v) is 2.92. The summed E-state index contributed by atoms with van der Waals surface area (Å²) in [6, 6.07) is 0. The standard InChI is InChI=1S/C7H14O5/c1-7(12,2-3-8)6(11)5(10)4-9/h3,5-6,9-12H,2,4H2,1H3/t5-,6-,7-/m1/s1. The van der Waals surface area contributed by atoms with Gasteiger partial charge in [-0.3, -0.25) is 0 Å². The van der Waals surface area contributed by atoms with Crippen LogP contribution in [-0.4, -0.2) is 51.1 Å². The molecule has 3 atom stereocenters. The Balaban J connectivity index is 4.22. The van der Waals surface area contributed by atoms with Gasteiger partial charge in [0.05, 0.1) is 12.2 Å². The smallest absolute Gasteiger partial charge is 0.122 e. The highest BCUT2D eigenvalue weighted by molar-refractivity contribution is 5.51. The molecule has 0 heterocycles. The second kappa shape index (κ2) is 4.51. The monoisotopic (exact) mass is 178 g/mol. The highest BCUT2D eigenvalue weighted by Crippen LogP contribution is 2.16. The molecule has 0 saturated carbocycles. The van der Waals surface area contributed by atoms with Crippen molar-refractivity contribution in [2.24, 2.45) is 0 Å². The third-order valence-corrected chi connectivity index (χ3v) is 1.69. The number of aldehydes is 1. The van der Waals surface area contributed by atoms with Crippen LogP contribution in [-0.2, 0) is 4.79 Å². The number of hydrogen-bond acceptors (Lipinski definition) is 5. The van der Waals surface area contributed by atoms with Gasteiger partial charge in [-0.2, -0.15) is 0 Å². The third-order valence-electron chi connectivity index (χ3n) is 1.69. The largest absolute Gasteiger partial charge is 0.394 e. The summed E-state index contributed by atoms with van der Waals surface area (Å²) in [5, 5.41) is 35.8. The lowest BCUT2D eigenvalue weighted by molar-refractivity contribution is -0.137. The maximum absolute atomic E-state index is 10.0. The van der Waals surface area contributed by atoms with Gasteiger partial charge < -0.3 is 25.2 Å². The van der Waals surface area contributed by atoms with Gasteiger partial charge >= 0.3 is 0 Å². The Labute approximate surface area is 70.3 Å². The van der Waals surface area contributed by atoms with Crippen molar-refractivity contribution < 1.29 is 25.2 Å². The van der Waals surface area contributed by atoms with E-state index in [9.17, 15) is 9.90 Å². The fraction of sp³-hybridized carbons (Fsp3) is 0.857. The number of hydrogen-bond donors (Lipinski definition) is 4. The van der Waals surface area contributed by atoms with Gasteiger partial charge in [-0.15, -0.1) is 0 Å². The van der Waals surface area contributed by atoms with E-state index in [0.29, 0.717) is 6.29 Å². The van der Waals surface area contributed by atoms with Gasteiger partial charge in [0.25, 0.3) is 0 Å². The molecule has 12 heavy (non-hydrogen) atoms. The maximum atomic E-state index is 10.0. The Kier molecular flexibility index (Phi) is 4.33. The van der Waals surface area contributed by atoms with Crippen LogP contribution < -0.4 is 0 Å². The predicted octanol–water partition coefficient (Wildman–Crippen LogP) is -1.96. The molecule has 72 valence electrons. The second-order valence-electron chi connectivity index (χ2n) is 2.92. The summed E-state index contributed by atoms with van der Waals surface area (Å²) in [5.41, 5.74) is -1.69. The number of rotatable bonds is 5. The molecule has 0 fully saturated rings. The number of carbonyl (C=O) groups excluding carboxylic acids is 1. The van der Waals surface area contributed by atoms with Crippen LogP contribution in [0.1, 0.15) is 13.3 Å². The fourth-order valence-electron chi connectivity index (χ4n) is 0.804. The van der Waals surface area contributed by atoms with Crippen molar-refractivity contribution in [3.05, 3.63) is 0 Å². The maximum Gasteiger partial charge on any atom is 0.122 e. The van der Waals surface area contributed by atoms with Crippen molar-refractivity contribution in [1.29, 1.82) is 0 Å². The molecule has 0 spiro atoms. The van der Waals surface area contributed by atoms with Gasteiger partial charge in [0, 0.05) is 6.42 Å². The zero-order valence-corrected chi connectivity index (χ0v) is 6.84. The molecule has 0 aromatic heterocycles. The lowest BCUT2D eigenvalue weighted by Crippen LogP contribution is -2.48. The molecule has 0 amide bonds. The minimum atomic E-state index is -1.69. The van der Waals surface area contributed by atoms with Crippen LogP contribution in [0.2, 0.25) is 0 Å². The van der Waals surface area contributed by atoms with E-state index >= 15 is 0 Å². The van der Waals surface area contributed by atoms with Gasteiger partial charge in [0.15, 0.2) is 0 Å². The van der Waals surface area contributed by atoms with Crippen LogP contribution in [0, 0.1) is 0 Å². The van der Waals surface area contributed by atoms with Crippen LogP contribution in [0.4, 0.5) is 0 Å². The summed E-state index contributed by atoms with van der Waals surface area (Å²) in [4.78, 5) is 10.0. The lowest BCUT2D eigenvalue weighted by atomic mass is 9.92. The molecule has 0 aliphatic rings. The summed E-state index contributed by atoms with van der Waals surface area (Å²) < 4.78 is 0. The minimum Gasteiger partial charge on any atom is -0.394 e. The quantitative estimate of drug-likeness (QED) is 0.366. The van der Waals surface area contributed by atoms with E-state index in [4.69, 9.17) is 15.3 Å². The van der Waals surface area contributed by atoms with E-state index in [2.05, 4.69) is 0 Å². The first-order chi connectivity index (χ1) is 5.45.